The molecule has 7 nitrogen and oxygen atoms in total. The number of rotatable bonds is 8. The zero-order valence-electron chi connectivity index (χ0n) is 17.1. The van der Waals surface area contributed by atoms with Crippen LogP contribution < -0.4 is 0 Å². The molecule has 1 atom stereocenters. The number of carbonyl (C=O) groups excluding carboxylic acids is 1. The number of hydrogen-bond acceptors (Lipinski definition) is 6. The topological polar surface area (TPSA) is 107 Å². The van der Waals surface area contributed by atoms with Crippen LogP contribution in [0.5, 0.6) is 0 Å². The normalized spacial score (nSPS) is 12.5. The van der Waals surface area contributed by atoms with Gasteiger partial charge in [0.2, 0.25) is 0 Å². The molecule has 160 valence electrons. The molecule has 3 aromatic rings. The van der Waals surface area contributed by atoms with Gasteiger partial charge in [0.25, 0.3) is 5.69 Å². The molecule has 0 aliphatic heterocycles. The van der Waals surface area contributed by atoms with E-state index in [1.165, 1.54) is 48.7 Å². The number of aromatic nitrogens is 1. The number of benzene rings is 2. The number of non-ortho nitro benzene ring substituents is 1. The minimum absolute atomic E-state index is 0.0576. The van der Waals surface area contributed by atoms with Crippen molar-refractivity contribution in [3.63, 3.8) is 0 Å². The van der Waals surface area contributed by atoms with E-state index in [0.29, 0.717) is 0 Å². The summed E-state index contributed by atoms with van der Waals surface area (Å²) >= 11 is 0. The number of hydrogen-bond donors (Lipinski definition) is 0. The van der Waals surface area contributed by atoms with Crippen LogP contribution in [0.25, 0.3) is 0 Å². The van der Waals surface area contributed by atoms with E-state index < -0.39 is 25.8 Å². The standard InChI is InChI=1S/C23H22N2O5S/c1-16(2)17-9-11-20(12-10-17)31(29,30)23(15-22(26)21-8-3-4-13-24-21)18-6-5-7-19(14-18)25(27)28/h3-14,16,23H,15H2,1-2H3/t23-/m1/s1. The van der Waals surface area contributed by atoms with Crippen molar-refractivity contribution in [2.45, 2.75) is 36.3 Å². The van der Waals surface area contributed by atoms with Crippen LogP contribution >= 0.6 is 0 Å². The van der Waals surface area contributed by atoms with Gasteiger partial charge in [-0.25, -0.2) is 8.42 Å². The first-order valence-electron chi connectivity index (χ1n) is 9.72. The van der Waals surface area contributed by atoms with Crippen LogP contribution in [0.1, 0.15) is 53.1 Å². The molecule has 3 rings (SSSR count). The van der Waals surface area contributed by atoms with E-state index >= 15 is 0 Å². The van der Waals surface area contributed by atoms with Gasteiger partial charge < -0.3 is 0 Å². The number of carbonyl (C=O) groups is 1. The monoisotopic (exact) mass is 438 g/mol. The Morgan fingerprint density at radius 2 is 1.71 bits per heavy atom. The Kier molecular flexibility index (Phi) is 6.60. The van der Waals surface area contributed by atoms with Gasteiger partial charge in [-0.3, -0.25) is 19.9 Å². The molecule has 0 saturated carbocycles. The molecular formula is C23H22N2O5S. The van der Waals surface area contributed by atoms with Crippen LogP contribution in [0, 0.1) is 10.1 Å². The molecule has 0 spiro atoms. The zero-order chi connectivity index (χ0) is 22.6. The van der Waals surface area contributed by atoms with Crippen molar-refractivity contribution < 1.29 is 18.1 Å². The van der Waals surface area contributed by atoms with E-state index in [1.54, 1.807) is 24.3 Å². The summed E-state index contributed by atoms with van der Waals surface area (Å²) in [5.74, 6) is -0.227. The Labute approximate surface area is 180 Å². The predicted molar refractivity (Wildman–Crippen MR) is 117 cm³/mol. The smallest absolute Gasteiger partial charge is 0.269 e. The van der Waals surface area contributed by atoms with Gasteiger partial charge in [0.1, 0.15) is 5.69 Å². The highest BCUT2D eigenvalue weighted by molar-refractivity contribution is 7.91. The summed E-state index contributed by atoms with van der Waals surface area (Å²) in [4.78, 5) is 27.5. The fraction of sp³-hybridized carbons (Fsp3) is 0.217. The molecule has 0 aliphatic carbocycles. The molecule has 0 fully saturated rings. The molecule has 1 aromatic heterocycles. The third-order valence-corrected chi connectivity index (χ3v) is 7.14. The van der Waals surface area contributed by atoms with Crippen molar-refractivity contribution in [1.29, 1.82) is 0 Å². The van der Waals surface area contributed by atoms with Gasteiger partial charge in [-0.1, -0.05) is 44.2 Å². The van der Waals surface area contributed by atoms with E-state index in [9.17, 15) is 23.3 Å². The van der Waals surface area contributed by atoms with Crippen LogP contribution in [0.2, 0.25) is 0 Å². The number of nitro groups is 1. The first kappa shape index (κ1) is 22.3. The summed E-state index contributed by atoms with van der Waals surface area (Å²) in [5, 5.41) is 9.93. The van der Waals surface area contributed by atoms with Gasteiger partial charge >= 0.3 is 0 Å². The summed E-state index contributed by atoms with van der Waals surface area (Å²) in [6, 6.07) is 16.7. The SMILES string of the molecule is CC(C)c1ccc(S(=O)(=O)[C@H](CC(=O)c2ccccn2)c2cccc([N+](=O)[O-])c2)cc1. The molecule has 1 heterocycles. The number of nitro benzene ring substituents is 1. The second-order valence-corrected chi connectivity index (χ2v) is 9.58. The van der Waals surface area contributed by atoms with Crippen molar-refractivity contribution in [2.24, 2.45) is 0 Å². The largest absolute Gasteiger partial charge is 0.292 e. The number of nitrogens with zero attached hydrogens (tertiary/aromatic N) is 2. The van der Waals surface area contributed by atoms with Crippen molar-refractivity contribution in [3.8, 4) is 0 Å². The van der Waals surface area contributed by atoms with E-state index in [-0.39, 0.29) is 34.2 Å². The number of pyridine rings is 1. The van der Waals surface area contributed by atoms with E-state index in [0.717, 1.165) is 5.56 Å². The van der Waals surface area contributed by atoms with E-state index in [4.69, 9.17) is 0 Å². The van der Waals surface area contributed by atoms with Gasteiger partial charge in [-0.15, -0.1) is 0 Å². The second kappa shape index (κ2) is 9.18. The lowest BCUT2D eigenvalue weighted by Gasteiger charge is -2.18. The van der Waals surface area contributed by atoms with Crippen molar-refractivity contribution in [2.75, 3.05) is 0 Å². The first-order valence-corrected chi connectivity index (χ1v) is 11.3. The lowest BCUT2D eigenvalue weighted by Crippen LogP contribution is -2.18. The molecule has 8 heteroatoms. The molecule has 31 heavy (non-hydrogen) atoms. The highest BCUT2D eigenvalue weighted by Gasteiger charge is 2.33. The summed E-state index contributed by atoms with van der Waals surface area (Å²) in [7, 11) is -4.01. The fourth-order valence-corrected chi connectivity index (χ4v) is 4.97. The molecule has 0 aliphatic rings. The maximum Gasteiger partial charge on any atom is 0.269 e. The summed E-state index contributed by atoms with van der Waals surface area (Å²) in [6.07, 6.45) is 1.07. The minimum atomic E-state index is -4.01. The van der Waals surface area contributed by atoms with Gasteiger partial charge in [0.05, 0.1) is 15.1 Å². The van der Waals surface area contributed by atoms with Gasteiger partial charge in [0, 0.05) is 24.8 Å². The molecular weight excluding hydrogens is 416 g/mol. The number of sulfone groups is 1. The van der Waals surface area contributed by atoms with Gasteiger partial charge in [-0.05, 0) is 41.3 Å². The number of Topliss-reactive ketones (excluding diaryl/α,β-unsaturated/α-hetero) is 1. The molecule has 0 radical (unpaired) electrons. The van der Waals surface area contributed by atoms with Gasteiger partial charge in [-0.2, -0.15) is 0 Å². The van der Waals surface area contributed by atoms with Crippen LogP contribution in [0.15, 0.2) is 77.8 Å². The van der Waals surface area contributed by atoms with Crippen molar-refractivity contribution in [3.05, 3.63) is 99.9 Å². The highest BCUT2D eigenvalue weighted by atomic mass is 32.2. The highest BCUT2D eigenvalue weighted by Crippen LogP contribution is 2.35. The van der Waals surface area contributed by atoms with Gasteiger partial charge in [0.15, 0.2) is 15.6 Å². The predicted octanol–water partition coefficient (Wildman–Crippen LogP) is 4.90. The zero-order valence-corrected chi connectivity index (χ0v) is 18.0. The number of ketones is 1. The molecule has 0 N–H and O–H groups in total. The Morgan fingerprint density at radius 3 is 2.29 bits per heavy atom. The summed E-state index contributed by atoms with van der Waals surface area (Å²) in [6.45, 7) is 4.00. The molecule has 0 saturated heterocycles. The quantitative estimate of drug-likeness (QED) is 0.281. The Hall–Kier alpha value is -3.39. The van der Waals surface area contributed by atoms with Crippen LogP contribution in [-0.4, -0.2) is 24.1 Å². The average molecular weight is 439 g/mol. The van der Waals surface area contributed by atoms with Crippen LogP contribution in [-0.2, 0) is 9.84 Å². The van der Waals surface area contributed by atoms with Crippen LogP contribution in [0.4, 0.5) is 5.69 Å². The Morgan fingerprint density at radius 1 is 1.00 bits per heavy atom. The molecule has 0 unspecified atom stereocenters. The van der Waals surface area contributed by atoms with E-state index in [2.05, 4.69) is 4.98 Å². The summed E-state index contributed by atoms with van der Waals surface area (Å²) in [5.41, 5.74) is 1.07. The minimum Gasteiger partial charge on any atom is -0.292 e. The average Bonchev–Trinajstić information content (AvgIpc) is 2.77. The maximum atomic E-state index is 13.5. The summed E-state index contributed by atoms with van der Waals surface area (Å²) < 4.78 is 27.0. The molecule has 2 aromatic carbocycles. The first-order chi connectivity index (χ1) is 14.7. The maximum absolute atomic E-state index is 13.5. The van der Waals surface area contributed by atoms with Crippen molar-refractivity contribution >= 4 is 21.3 Å². The molecule has 0 bridgehead atoms. The molecule has 0 amide bonds. The lowest BCUT2D eigenvalue weighted by molar-refractivity contribution is -0.384. The van der Waals surface area contributed by atoms with Crippen molar-refractivity contribution in [1.82, 2.24) is 4.98 Å². The third-order valence-electron chi connectivity index (χ3n) is 5.02. The Bertz CT molecular complexity index is 1190. The lowest BCUT2D eigenvalue weighted by atomic mass is 10.0. The Balaban J connectivity index is 2.07. The fourth-order valence-electron chi connectivity index (χ4n) is 3.25. The van der Waals surface area contributed by atoms with E-state index in [1.807, 2.05) is 13.8 Å². The van der Waals surface area contributed by atoms with Crippen LogP contribution in [0.3, 0.4) is 0 Å². The third kappa shape index (κ3) is 5.03. The second-order valence-electron chi connectivity index (χ2n) is 7.45.